The molecule has 3 rings (SSSR count). The van der Waals surface area contributed by atoms with E-state index < -0.39 is 24.2 Å². The van der Waals surface area contributed by atoms with Crippen LogP contribution in [0.5, 0.6) is 0 Å². The zero-order valence-electron chi connectivity index (χ0n) is 20.0. The summed E-state index contributed by atoms with van der Waals surface area (Å²) in [7, 11) is 0. The monoisotopic (exact) mass is 487 g/mol. The lowest BCUT2D eigenvalue weighted by Gasteiger charge is -2.29. The van der Waals surface area contributed by atoms with Gasteiger partial charge in [-0.05, 0) is 41.2 Å². The van der Waals surface area contributed by atoms with Crippen LogP contribution in [0.3, 0.4) is 0 Å². The lowest BCUT2D eigenvalue weighted by Crippen LogP contribution is -2.49. The van der Waals surface area contributed by atoms with Crippen LogP contribution in [0.2, 0.25) is 0 Å². The van der Waals surface area contributed by atoms with E-state index in [0.29, 0.717) is 0 Å². The first-order chi connectivity index (χ1) is 16.7. The first-order valence-corrected chi connectivity index (χ1v) is 11.8. The van der Waals surface area contributed by atoms with Crippen LogP contribution < -0.4 is 20.9 Å². The van der Waals surface area contributed by atoms with Crippen molar-refractivity contribution in [1.82, 2.24) is 16.0 Å². The SMILES string of the molecule is CC(C)C[C@H](N[C@H](c1ccc(-c2ccc(N3CCNCC3)cc2)cc1)C(F)(F)F)C(=O)NCC#N. The third-order valence-electron chi connectivity index (χ3n) is 5.99. The minimum atomic E-state index is -4.60. The van der Waals surface area contributed by atoms with E-state index in [9.17, 15) is 18.0 Å². The lowest BCUT2D eigenvalue weighted by molar-refractivity contribution is -0.161. The van der Waals surface area contributed by atoms with Crippen LogP contribution in [-0.2, 0) is 4.79 Å². The molecule has 1 fully saturated rings. The van der Waals surface area contributed by atoms with E-state index in [1.54, 1.807) is 18.2 Å². The third-order valence-corrected chi connectivity index (χ3v) is 5.99. The summed E-state index contributed by atoms with van der Waals surface area (Å²) in [5, 5.41) is 16.9. The summed E-state index contributed by atoms with van der Waals surface area (Å²) in [4.78, 5) is 14.7. The van der Waals surface area contributed by atoms with Crippen LogP contribution in [0.15, 0.2) is 48.5 Å². The molecule has 6 nitrogen and oxygen atoms in total. The van der Waals surface area contributed by atoms with Gasteiger partial charge in [-0.25, -0.2) is 0 Å². The predicted molar refractivity (Wildman–Crippen MR) is 131 cm³/mol. The number of halogens is 3. The van der Waals surface area contributed by atoms with Gasteiger partial charge in [0.25, 0.3) is 0 Å². The molecule has 35 heavy (non-hydrogen) atoms. The highest BCUT2D eigenvalue weighted by molar-refractivity contribution is 5.82. The Bertz CT molecular complexity index is 994. The lowest BCUT2D eigenvalue weighted by atomic mass is 9.97. The molecule has 2 atom stereocenters. The number of amides is 1. The van der Waals surface area contributed by atoms with Gasteiger partial charge in [0.2, 0.25) is 5.91 Å². The minimum absolute atomic E-state index is 0.0132. The van der Waals surface area contributed by atoms with Gasteiger partial charge in [-0.3, -0.25) is 10.1 Å². The Morgan fingerprint density at radius 3 is 2.14 bits per heavy atom. The van der Waals surface area contributed by atoms with Crippen molar-refractivity contribution in [2.24, 2.45) is 5.92 Å². The largest absolute Gasteiger partial charge is 0.407 e. The topological polar surface area (TPSA) is 80.2 Å². The molecule has 1 saturated heterocycles. The Morgan fingerprint density at radius 1 is 1.06 bits per heavy atom. The molecule has 0 aromatic heterocycles. The van der Waals surface area contributed by atoms with E-state index in [-0.39, 0.29) is 24.4 Å². The summed E-state index contributed by atoms with van der Waals surface area (Å²) in [5.74, 6) is -0.628. The molecule has 2 aromatic carbocycles. The molecule has 0 bridgehead atoms. The molecule has 1 amide bonds. The van der Waals surface area contributed by atoms with Crippen LogP contribution >= 0.6 is 0 Å². The standard InChI is InChI=1S/C26H32F3N5O/c1-18(2)17-23(25(35)32-12-11-30)33-24(26(27,28)29)21-5-3-19(4-6-21)20-7-9-22(10-8-20)34-15-13-31-14-16-34/h3-10,18,23-24,31,33H,12-17H2,1-2H3,(H,32,35)/t23-,24+/m0/s1. The minimum Gasteiger partial charge on any atom is -0.369 e. The summed E-state index contributed by atoms with van der Waals surface area (Å²) in [6.07, 6.45) is -4.39. The van der Waals surface area contributed by atoms with Crippen molar-refractivity contribution >= 4 is 11.6 Å². The molecular weight excluding hydrogens is 455 g/mol. The number of hydrogen-bond acceptors (Lipinski definition) is 5. The molecule has 1 aliphatic heterocycles. The van der Waals surface area contributed by atoms with Crippen molar-refractivity contribution in [3.8, 4) is 17.2 Å². The maximum atomic E-state index is 14.0. The normalized spacial score (nSPS) is 16.0. The smallest absolute Gasteiger partial charge is 0.369 e. The highest BCUT2D eigenvalue weighted by atomic mass is 19.4. The van der Waals surface area contributed by atoms with E-state index in [1.165, 1.54) is 12.1 Å². The van der Waals surface area contributed by atoms with Crippen LogP contribution in [-0.4, -0.2) is 50.8 Å². The number of benzene rings is 2. The Hall–Kier alpha value is -3.09. The van der Waals surface area contributed by atoms with Gasteiger partial charge in [0.1, 0.15) is 12.6 Å². The number of carbonyl (C=O) groups excluding carboxylic acids is 1. The van der Waals surface area contributed by atoms with E-state index in [1.807, 2.05) is 38.1 Å². The van der Waals surface area contributed by atoms with Gasteiger partial charge in [0.05, 0.1) is 12.1 Å². The quantitative estimate of drug-likeness (QED) is 0.466. The van der Waals surface area contributed by atoms with Crippen molar-refractivity contribution in [3.05, 3.63) is 54.1 Å². The molecule has 0 radical (unpaired) electrons. The fraction of sp³-hybridized carbons (Fsp3) is 0.462. The maximum Gasteiger partial charge on any atom is 0.407 e. The second-order valence-corrected chi connectivity index (χ2v) is 9.11. The number of nitrogens with zero attached hydrogens (tertiary/aromatic N) is 2. The Labute approximate surface area is 204 Å². The fourth-order valence-corrected chi connectivity index (χ4v) is 4.21. The fourth-order valence-electron chi connectivity index (χ4n) is 4.21. The van der Waals surface area contributed by atoms with E-state index >= 15 is 0 Å². The predicted octanol–water partition coefficient (Wildman–Crippen LogP) is 4.01. The summed E-state index contributed by atoms with van der Waals surface area (Å²) in [5.41, 5.74) is 2.88. The molecule has 0 aliphatic carbocycles. The molecule has 3 N–H and O–H groups in total. The third kappa shape index (κ3) is 7.44. The summed E-state index contributed by atoms with van der Waals surface area (Å²) in [6, 6.07) is 12.9. The summed E-state index contributed by atoms with van der Waals surface area (Å²) < 4.78 is 42.0. The number of alkyl halides is 3. The highest BCUT2D eigenvalue weighted by Crippen LogP contribution is 2.35. The first-order valence-electron chi connectivity index (χ1n) is 11.8. The van der Waals surface area contributed by atoms with Gasteiger partial charge >= 0.3 is 6.18 Å². The Morgan fingerprint density at radius 2 is 1.63 bits per heavy atom. The average molecular weight is 488 g/mol. The summed E-state index contributed by atoms with van der Waals surface area (Å²) in [6.45, 7) is 7.16. The van der Waals surface area contributed by atoms with Crippen molar-refractivity contribution in [2.45, 2.75) is 38.5 Å². The number of nitrogens with one attached hydrogen (secondary N) is 3. The van der Waals surface area contributed by atoms with Gasteiger partial charge < -0.3 is 15.5 Å². The number of nitriles is 1. The molecule has 0 saturated carbocycles. The molecular formula is C26H32F3N5O. The van der Waals surface area contributed by atoms with Gasteiger partial charge in [-0.2, -0.15) is 18.4 Å². The van der Waals surface area contributed by atoms with E-state index in [0.717, 1.165) is 43.0 Å². The average Bonchev–Trinajstić information content (AvgIpc) is 2.85. The van der Waals surface area contributed by atoms with Gasteiger partial charge in [-0.1, -0.05) is 50.2 Å². The molecule has 2 aromatic rings. The van der Waals surface area contributed by atoms with Gasteiger partial charge in [0.15, 0.2) is 0 Å². The molecule has 1 aliphatic rings. The molecule has 1 heterocycles. The zero-order chi connectivity index (χ0) is 25.4. The highest BCUT2D eigenvalue weighted by Gasteiger charge is 2.42. The van der Waals surface area contributed by atoms with E-state index in [2.05, 4.69) is 20.9 Å². The first kappa shape index (κ1) is 26.5. The second-order valence-electron chi connectivity index (χ2n) is 9.11. The maximum absolute atomic E-state index is 14.0. The number of anilines is 1. The van der Waals surface area contributed by atoms with Gasteiger partial charge in [0, 0.05) is 31.9 Å². The Kier molecular flexibility index (Phi) is 9.13. The second kappa shape index (κ2) is 12.0. The Balaban J connectivity index is 1.77. The molecule has 0 spiro atoms. The number of carbonyl (C=O) groups is 1. The summed E-state index contributed by atoms with van der Waals surface area (Å²) >= 11 is 0. The van der Waals surface area contributed by atoms with Crippen molar-refractivity contribution in [1.29, 1.82) is 5.26 Å². The number of hydrogen-bond donors (Lipinski definition) is 3. The van der Waals surface area contributed by atoms with Crippen molar-refractivity contribution in [3.63, 3.8) is 0 Å². The van der Waals surface area contributed by atoms with E-state index in [4.69, 9.17) is 5.26 Å². The van der Waals surface area contributed by atoms with Crippen LogP contribution in [0, 0.1) is 17.2 Å². The molecule has 9 heteroatoms. The zero-order valence-corrected chi connectivity index (χ0v) is 20.0. The number of rotatable bonds is 9. The van der Waals surface area contributed by atoms with Crippen molar-refractivity contribution in [2.75, 3.05) is 37.6 Å². The number of piperazine rings is 1. The van der Waals surface area contributed by atoms with Crippen LogP contribution in [0.25, 0.3) is 11.1 Å². The molecule has 188 valence electrons. The van der Waals surface area contributed by atoms with Gasteiger partial charge in [-0.15, -0.1) is 0 Å². The van der Waals surface area contributed by atoms with Crippen molar-refractivity contribution < 1.29 is 18.0 Å². The van der Waals surface area contributed by atoms with Crippen LogP contribution in [0.1, 0.15) is 31.9 Å². The molecule has 0 unspecified atom stereocenters. The van der Waals surface area contributed by atoms with Crippen LogP contribution in [0.4, 0.5) is 18.9 Å².